The first-order chi connectivity index (χ1) is 20.2. The fourth-order valence-electron chi connectivity index (χ4n) is 8.20. The van der Waals surface area contributed by atoms with Crippen LogP contribution in [0.3, 0.4) is 0 Å². The van der Waals surface area contributed by atoms with E-state index in [-0.39, 0.29) is 0 Å². The molecule has 1 nitrogen and oxygen atoms in total. The Bertz CT molecular complexity index is 1280. The lowest BCUT2D eigenvalue weighted by Gasteiger charge is -2.49. The summed E-state index contributed by atoms with van der Waals surface area (Å²) >= 11 is 0. The first kappa shape index (κ1) is 28.0. The van der Waals surface area contributed by atoms with Gasteiger partial charge in [-0.1, -0.05) is 98.1 Å². The van der Waals surface area contributed by atoms with Crippen LogP contribution in [0.2, 0.25) is 0 Å². The molecular weight excluding hydrogens is 496 g/mol. The Morgan fingerprint density at radius 2 is 1.00 bits per heavy atom. The van der Waals surface area contributed by atoms with E-state index in [0.717, 1.165) is 64.2 Å². The molecule has 4 aliphatic carbocycles. The molecule has 0 saturated heterocycles. The molecular formula is C40H46O. The molecule has 2 aromatic rings. The van der Waals surface area contributed by atoms with Gasteiger partial charge in [0.2, 0.25) is 0 Å². The van der Waals surface area contributed by atoms with Gasteiger partial charge in [-0.25, -0.2) is 0 Å². The number of hydrogen-bond donors (Lipinski definition) is 0. The standard InChI is InChI=1S/C40H46O/c1-3-33-21-15-27-37(33)39(35-23-11-12-24-35,29-31-17-7-5-8-18-31)41-40(36-25-13-14-26-36,30-32-19-9-6-10-20-32)38-28-16-22-34(38)4-2/h3-10,17-20,23,25H,1-2,11-16,21-22,24,26-30H2. The number of allylic oxidation sites excluding steroid dienone is 6. The lowest BCUT2D eigenvalue weighted by Crippen LogP contribution is -2.51. The first-order valence-electron chi connectivity index (χ1n) is 16.1. The van der Waals surface area contributed by atoms with Crippen LogP contribution in [0.15, 0.2) is 132 Å². The summed E-state index contributed by atoms with van der Waals surface area (Å²) in [5.41, 5.74) is 10.5. The average Bonchev–Trinajstić information content (AvgIpc) is 3.84. The Hall–Kier alpha value is -3.16. The topological polar surface area (TPSA) is 9.23 Å². The van der Waals surface area contributed by atoms with Gasteiger partial charge in [-0.15, -0.1) is 0 Å². The number of hydrogen-bond acceptors (Lipinski definition) is 1. The van der Waals surface area contributed by atoms with Gasteiger partial charge in [-0.3, -0.25) is 0 Å². The van der Waals surface area contributed by atoms with E-state index >= 15 is 0 Å². The second-order valence-electron chi connectivity index (χ2n) is 12.4. The van der Waals surface area contributed by atoms with Crippen molar-refractivity contribution in [2.75, 3.05) is 0 Å². The molecule has 4 aliphatic rings. The molecule has 6 rings (SSSR count). The summed E-state index contributed by atoms with van der Waals surface area (Å²) in [6, 6.07) is 22.2. The number of ether oxygens (including phenoxy) is 1. The normalized spacial score (nSPS) is 22.0. The van der Waals surface area contributed by atoms with Crippen molar-refractivity contribution in [3.63, 3.8) is 0 Å². The maximum Gasteiger partial charge on any atom is 0.116 e. The van der Waals surface area contributed by atoms with Crippen LogP contribution in [-0.2, 0) is 17.6 Å². The maximum absolute atomic E-state index is 8.29. The number of rotatable bonds is 12. The van der Waals surface area contributed by atoms with Gasteiger partial charge in [0.15, 0.2) is 0 Å². The number of benzene rings is 2. The largest absolute Gasteiger partial charge is 0.350 e. The zero-order valence-electron chi connectivity index (χ0n) is 24.8. The van der Waals surface area contributed by atoms with E-state index < -0.39 is 11.2 Å². The molecule has 0 radical (unpaired) electrons. The van der Waals surface area contributed by atoms with Crippen LogP contribution in [0, 0.1) is 0 Å². The molecule has 1 heteroatoms. The van der Waals surface area contributed by atoms with Crippen LogP contribution in [0.25, 0.3) is 0 Å². The summed E-state index contributed by atoms with van der Waals surface area (Å²) in [7, 11) is 0. The predicted octanol–water partition coefficient (Wildman–Crippen LogP) is 10.5. The molecule has 2 atom stereocenters. The second-order valence-corrected chi connectivity index (χ2v) is 12.4. The highest BCUT2D eigenvalue weighted by Gasteiger charge is 2.52. The summed E-state index contributed by atoms with van der Waals surface area (Å²) in [6.07, 6.45) is 24.7. The average molecular weight is 543 g/mol. The summed E-state index contributed by atoms with van der Waals surface area (Å²) in [5, 5.41) is 0. The van der Waals surface area contributed by atoms with E-state index in [9.17, 15) is 0 Å². The second kappa shape index (κ2) is 12.4. The molecule has 2 unspecified atom stereocenters. The van der Waals surface area contributed by atoms with Crippen LogP contribution >= 0.6 is 0 Å². The van der Waals surface area contributed by atoms with Crippen molar-refractivity contribution in [3.05, 3.63) is 143 Å². The van der Waals surface area contributed by atoms with Crippen molar-refractivity contribution in [2.24, 2.45) is 0 Å². The molecule has 0 bridgehead atoms. The van der Waals surface area contributed by atoms with E-state index in [1.54, 1.807) is 0 Å². The molecule has 0 heterocycles. The predicted molar refractivity (Wildman–Crippen MR) is 173 cm³/mol. The third kappa shape index (κ3) is 5.42. The smallest absolute Gasteiger partial charge is 0.116 e. The van der Waals surface area contributed by atoms with Gasteiger partial charge in [-0.2, -0.15) is 0 Å². The van der Waals surface area contributed by atoms with Crippen LogP contribution in [0.1, 0.15) is 88.2 Å². The molecule has 0 N–H and O–H groups in total. The Labute approximate surface area is 248 Å². The van der Waals surface area contributed by atoms with E-state index in [1.807, 2.05) is 0 Å². The molecule has 0 spiro atoms. The highest BCUT2D eigenvalue weighted by atomic mass is 16.5. The molecule has 0 fully saturated rings. The molecule has 212 valence electrons. The van der Waals surface area contributed by atoms with Crippen molar-refractivity contribution < 1.29 is 4.74 Å². The minimum Gasteiger partial charge on any atom is -0.350 e. The SMILES string of the molecule is C=CC1=C(C(Cc2ccccc2)(OC(Cc2ccccc2)(C2=CCCC2)C2=C(C=C)CCC2)C2=CCCC2)CCC1. The lowest BCUT2D eigenvalue weighted by atomic mass is 9.73. The van der Waals surface area contributed by atoms with Crippen LogP contribution in [0.5, 0.6) is 0 Å². The highest BCUT2D eigenvalue weighted by molar-refractivity contribution is 5.50. The molecule has 0 amide bonds. The van der Waals surface area contributed by atoms with E-state index in [4.69, 9.17) is 4.74 Å². The van der Waals surface area contributed by atoms with Gasteiger partial charge in [0, 0.05) is 12.8 Å². The van der Waals surface area contributed by atoms with E-state index in [2.05, 4.69) is 98.1 Å². The summed E-state index contributed by atoms with van der Waals surface area (Å²) in [6.45, 7) is 8.64. The lowest BCUT2D eigenvalue weighted by molar-refractivity contribution is -0.0848. The van der Waals surface area contributed by atoms with Crippen LogP contribution in [-0.4, -0.2) is 11.2 Å². The monoisotopic (exact) mass is 542 g/mol. The Kier molecular flexibility index (Phi) is 8.45. The fraction of sp³-hybridized carbons (Fsp3) is 0.400. The maximum atomic E-state index is 8.29. The zero-order chi connectivity index (χ0) is 28.1. The van der Waals surface area contributed by atoms with Gasteiger partial charge in [-0.05, 0) is 122 Å². The van der Waals surface area contributed by atoms with Gasteiger partial charge >= 0.3 is 0 Å². The van der Waals surface area contributed by atoms with Gasteiger partial charge < -0.3 is 4.74 Å². The Morgan fingerprint density at radius 3 is 1.37 bits per heavy atom. The first-order valence-corrected chi connectivity index (χ1v) is 16.1. The fourth-order valence-corrected chi connectivity index (χ4v) is 8.20. The molecule has 0 saturated carbocycles. The molecule has 2 aromatic carbocycles. The van der Waals surface area contributed by atoms with Crippen molar-refractivity contribution in [3.8, 4) is 0 Å². The Morgan fingerprint density at radius 1 is 0.561 bits per heavy atom. The van der Waals surface area contributed by atoms with Crippen molar-refractivity contribution in [2.45, 2.75) is 101 Å². The van der Waals surface area contributed by atoms with Gasteiger partial charge in [0.05, 0.1) is 0 Å². The summed E-state index contributed by atoms with van der Waals surface area (Å²) in [5.74, 6) is 0. The minimum absolute atomic E-state index is 0.488. The van der Waals surface area contributed by atoms with Crippen LogP contribution in [0.4, 0.5) is 0 Å². The Balaban J connectivity index is 1.63. The van der Waals surface area contributed by atoms with Crippen molar-refractivity contribution >= 4 is 0 Å². The van der Waals surface area contributed by atoms with E-state index in [1.165, 1.54) is 70.2 Å². The summed E-state index contributed by atoms with van der Waals surface area (Å²) in [4.78, 5) is 0. The van der Waals surface area contributed by atoms with E-state index in [0.29, 0.717) is 0 Å². The minimum atomic E-state index is -0.488. The third-order valence-corrected chi connectivity index (χ3v) is 10.0. The highest BCUT2D eigenvalue weighted by Crippen LogP contribution is 2.54. The van der Waals surface area contributed by atoms with Crippen LogP contribution < -0.4 is 0 Å². The van der Waals surface area contributed by atoms with Gasteiger partial charge in [0.25, 0.3) is 0 Å². The summed E-state index contributed by atoms with van der Waals surface area (Å²) < 4.78 is 8.29. The molecule has 0 aromatic heterocycles. The quantitative estimate of drug-likeness (QED) is 0.242. The molecule has 41 heavy (non-hydrogen) atoms. The van der Waals surface area contributed by atoms with Crippen molar-refractivity contribution in [1.82, 2.24) is 0 Å². The third-order valence-electron chi connectivity index (χ3n) is 10.0. The molecule has 0 aliphatic heterocycles. The van der Waals surface area contributed by atoms with Gasteiger partial charge in [0.1, 0.15) is 11.2 Å². The van der Waals surface area contributed by atoms with Crippen molar-refractivity contribution in [1.29, 1.82) is 0 Å². The zero-order valence-corrected chi connectivity index (χ0v) is 24.8.